The second-order valence-corrected chi connectivity index (χ2v) is 10.1. The Kier molecular flexibility index (Phi) is 7.69. The standard InChI is InChI=1S/C30H34N6O5/c1-6-41-25-13-20-7-9-35-22(21(20)14-24(25)40-5)15-26(33-27-18(3)11-17(2)12-19(27)4)36(30(35)39)10-8-31-29(38)28-23(37)16-32-34-28/h11-16,37H,6-10H2,1-5H3,(H,31,38)(H,32,34)/b33-26+. The third-order valence-corrected chi connectivity index (χ3v) is 7.19. The highest BCUT2D eigenvalue weighted by Crippen LogP contribution is 2.37. The van der Waals surface area contributed by atoms with E-state index in [1.165, 1.54) is 0 Å². The van der Waals surface area contributed by atoms with E-state index < -0.39 is 5.91 Å². The minimum atomic E-state index is -0.520. The fraction of sp³-hybridized carbons (Fsp3) is 0.333. The van der Waals surface area contributed by atoms with Crippen molar-refractivity contribution in [3.8, 4) is 28.5 Å². The molecule has 3 N–H and O–H groups in total. The number of nitrogens with zero attached hydrogens (tertiary/aromatic N) is 4. The zero-order valence-electron chi connectivity index (χ0n) is 23.9. The fourth-order valence-corrected chi connectivity index (χ4v) is 5.35. The summed E-state index contributed by atoms with van der Waals surface area (Å²) in [5.41, 5.74) is 6.80. The summed E-state index contributed by atoms with van der Waals surface area (Å²) in [6.07, 6.45) is 1.81. The van der Waals surface area contributed by atoms with Crippen LogP contribution >= 0.6 is 0 Å². The van der Waals surface area contributed by atoms with Crippen molar-refractivity contribution in [3.05, 3.63) is 80.4 Å². The molecular formula is C30H34N6O5. The quantitative estimate of drug-likeness (QED) is 0.304. The summed E-state index contributed by atoms with van der Waals surface area (Å²) in [7, 11) is 1.60. The van der Waals surface area contributed by atoms with Crippen LogP contribution in [0.2, 0.25) is 0 Å². The van der Waals surface area contributed by atoms with Crippen LogP contribution in [0.4, 0.5) is 5.69 Å². The summed E-state index contributed by atoms with van der Waals surface area (Å²) in [6.45, 7) is 9.26. The van der Waals surface area contributed by atoms with Crippen molar-refractivity contribution in [1.29, 1.82) is 0 Å². The average molecular weight is 559 g/mol. The van der Waals surface area contributed by atoms with Gasteiger partial charge in [0, 0.05) is 31.3 Å². The molecule has 41 heavy (non-hydrogen) atoms. The van der Waals surface area contributed by atoms with E-state index in [0.717, 1.165) is 45.4 Å². The molecule has 2 aromatic carbocycles. The molecule has 0 unspecified atom stereocenters. The molecule has 0 saturated carbocycles. The van der Waals surface area contributed by atoms with E-state index in [1.807, 2.05) is 45.9 Å². The SMILES string of the molecule is CCOc1cc2c(cc1OC)-c1c/c(=N\c3c(C)cc(C)cc3C)n(CCNC(=O)c3[nH]ncc3O)c(=O)n1CC2. The number of amides is 1. The molecule has 0 saturated heterocycles. The van der Waals surface area contributed by atoms with Crippen LogP contribution < -0.4 is 26.0 Å². The molecule has 0 spiro atoms. The van der Waals surface area contributed by atoms with Gasteiger partial charge in [0.25, 0.3) is 5.91 Å². The number of aromatic nitrogens is 4. The predicted octanol–water partition coefficient (Wildman–Crippen LogP) is 3.30. The number of fused-ring (bicyclic) bond motifs is 3. The molecule has 2 aromatic heterocycles. The van der Waals surface area contributed by atoms with Gasteiger partial charge in [0.05, 0.1) is 31.3 Å². The number of aromatic hydroxyl groups is 1. The summed E-state index contributed by atoms with van der Waals surface area (Å²) in [4.78, 5) is 31.5. The van der Waals surface area contributed by atoms with E-state index in [0.29, 0.717) is 36.6 Å². The lowest BCUT2D eigenvalue weighted by atomic mass is 9.97. The maximum absolute atomic E-state index is 14.0. The van der Waals surface area contributed by atoms with E-state index in [1.54, 1.807) is 16.2 Å². The van der Waals surface area contributed by atoms with Crippen molar-refractivity contribution in [2.75, 3.05) is 20.3 Å². The molecule has 0 bridgehead atoms. The third kappa shape index (κ3) is 5.34. The molecule has 0 fully saturated rings. The first-order chi connectivity index (χ1) is 19.7. The maximum atomic E-state index is 14.0. The lowest BCUT2D eigenvalue weighted by molar-refractivity contribution is 0.0944. The van der Waals surface area contributed by atoms with Crippen molar-refractivity contribution >= 4 is 11.6 Å². The molecular weight excluding hydrogens is 524 g/mol. The number of aromatic amines is 1. The zero-order chi connectivity index (χ0) is 29.3. The minimum Gasteiger partial charge on any atom is -0.504 e. The monoisotopic (exact) mass is 558 g/mol. The summed E-state index contributed by atoms with van der Waals surface area (Å²) < 4.78 is 14.7. The summed E-state index contributed by atoms with van der Waals surface area (Å²) >= 11 is 0. The molecule has 1 amide bonds. The highest BCUT2D eigenvalue weighted by molar-refractivity contribution is 5.94. The highest BCUT2D eigenvalue weighted by atomic mass is 16.5. The molecule has 5 rings (SSSR count). The predicted molar refractivity (Wildman–Crippen MR) is 154 cm³/mol. The molecule has 0 aliphatic carbocycles. The lowest BCUT2D eigenvalue weighted by Crippen LogP contribution is -2.44. The van der Waals surface area contributed by atoms with Gasteiger partial charge in [-0.05, 0) is 62.9 Å². The zero-order valence-corrected chi connectivity index (χ0v) is 23.9. The van der Waals surface area contributed by atoms with Crippen LogP contribution in [0.3, 0.4) is 0 Å². The Morgan fingerprint density at radius 3 is 2.56 bits per heavy atom. The molecule has 11 nitrogen and oxygen atoms in total. The first-order valence-electron chi connectivity index (χ1n) is 13.5. The van der Waals surface area contributed by atoms with Gasteiger partial charge in [0.2, 0.25) is 0 Å². The van der Waals surface area contributed by atoms with E-state index in [-0.39, 0.29) is 30.2 Å². The number of carbonyl (C=O) groups excluding carboxylic acids is 1. The number of ether oxygens (including phenoxy) is 2. The number of methoxy groups -OCH3 is 1. The number of aryl methyl sites for hydroxylation is 4. The summed E-state index contributed by atoms with van der Waals surface area (Å²) in [5, 5.41) is 18.7. The molecule has 3 heterocycles. The minimum absolute atomic E-state index is 0.0371. The Bertz CT molecular complexity index is 1740. The average Bonchev–Trinajstić information content (AvgIpc) is 3.37. The van der Waals surface area contributed by atoms with Crippen molar-refractivity contribution in [2.24, 2.45) is 4.99 Å². The number of rotatable bonds is 8. The smallest absolute Gasteiger partial charge is 0.330 e. The second kappa shape index (κ2) is 11.4. The molecule has 4 aromatic rings. The van der Waals surface area contributed by atoms with Crippen LogP contribution in [0, 0.1) is 20.8 Å². The molecule has 214 valence electrons. The van der Waals surface area contributed by atoms with Gasteiger partial charge in [-0.2, -0.15) is 5.10 Å². The fourth-order valence-electron chi connectivity index (χ4n) is 5.35. The van der Waals surface area contributed by atoms with Gasteiger partial charge >= 0.3 is 5.69 Å². The van der Waals surface area contributed by atoms with E-state index in [4.69, 9.17) is 14.5 Å². The first kappa shape index (κ1) is 27.8. The number of carbonyl (C=O) groups is 1. The van der Waals surface area contributed by atoms with Crippen LogP contribution in [-0.2, 0) is 19.5 Å². The van der Waals surface area contributed by atoms with Crippen LogP contribution in [0.5, 0.6) is 17.2 Å². The summed E-state index contributed by atoms with van der Waals surface area (Å²) in [6, 6.07) is 9.94. The molecule has 0 atom stereocenters. The molecule has 1 aliphatic rings. The van der Waals surface area contributed by atoms with E-state index >= 15 is 0 Å². The molecule has 11 heteroatoms. The number of benzene rings is 2. The van der Waals surface area contributed by atoms with E-state index in [9.17, 15) is 14.7 Å². The number of hydrogen-bond donors (Lipinski definition) is 3. The van der Waals surface area contributed by atoms with Crippen LogP contribution in [0.15, 0.2) is 46.3 Å². The van der Waals surface area contributed by atoms with Gasteiger partial charge in [-0.25, -0.2) is 9.79 Å². The van der Waals surface area contributed by atoms with Gasteiger partial charge in [0.1, 0.15) is 5.49 Å². The Labute approximate surface area is 237 Å². The van der Waals surface area contributed by atoms with Crippen LogP contribution in [0.1, 0.15) is 39.7 Å². The van der Waals surface area contributed by atoms with Gasteiger partial charge in [-0.15, -0.1) is 0 Å². The van der Waals surface area contributed by atoms with Crippen molar-refractivity contribution in [2.45, 2.75) is 47.2 Å². The van der Waals surface area contributed by atoms with Gasteiger partial charge in [-0.1, -0.05) is 17.7 Å². The molecule has 0 radical (unpaired) electrons. The Morgan fingerprint density at radius 2 is 1.90 bits per heavy atom. The van der Waals surface area contributed by atoms with E-state index in [2.05, 4.69) is 27.6 Å². The topological polar surface area (TPSA) is 136 Å². The Morgan fingerprint density at radius 1 is 1.15 bits per heavy atom. The second-order valence-electron chi connectivity index (χ2n) is 10.1. The summed E-state index contributed by atoms with van der Waals surface area (Å²) in [5.74, 6) is 0.502. The number of nitrogens with one attached hydrogen (secondary N) is 2. The van der Waals surface area contributed by atoms with Gasteiger partial charge in [-0.3, -0.25) is 19.0 Å². The number of hydrogen-bond acceptors (Lipinski definition) is 7. The highest BCUT2D eigenvalue weighted by Gasteiger charge is 2.23. The van der Waals surface area contributed by atoms with Crippen molar-refractivity contribution in [3.63, 3.8) is 0 Å². The van der Waals surface area contributed by atoms with Crippen LogP contribution in [-0.4, -0.2) is 50.6 Å². The Balaban J connectivity index is 1.63. The lowest BCUT2D eigenvalue weighted by Gasteiger charge is -2.25. The number of H-pyrrole nitrogens is 1. The Hall–Kier alpha value is -4.80. The molecule has 1 aliphatic heterocycles. The van der Waals surface area contributed by atoms with Crippen LogP contribution in [0.25, 0.3) is 11.3 Å². The normalized spacial score (nSPS) is 12.6. The van der Waals surface area contributed by atoms with Gasteiger partial charge < -0.3 is 19.9 Å². The third-order valence-electron chi connectivity index (χ3n) is 7.19. The largest absolute Gasteiger partial charge is 0.504 e. The maximum Gasteiger partial charge on any atom is 0.330 e. The van der Waals surface area contributed by atoms with Gasteiger partial charge in [0.15, 0.2) is 22.9 Å². The van der Waals surface area contributed by atoms with Crippen molar-refractivity contribution < 1.29 is 19.4 Å². The first-order valence-corrected chi connectivity index (χ1v) is 13.5. The van der Waals surface area contributed by atoms with Crippen molar-refractivity contribution in [1.82, 2.24) is 24.6 Å².